The minimum Gasteiger partial charge on any atom is -0.393 e. The third kappa shape index (κ3) is 3.12. The fourth-order valence-corrected chi connectivity index (χ4v) is 3.05. The number of carbonyl (C=O) groups excluding carboxylic acids is 1. The monoisotopic (exact) mass is 317 g/mol. The summed E-state index contributed by atoms with van der Waals surface area (Å²) in [6, 6.07) is 4.25. The SMILES string of the molecule is Cc1c(F)cccc1C(=O)NC(c1cnn(C)c1)C1CC(O)C1. The van der Waals surface area contributed by atoms with Crippen molar-refractivity contribution in [2.24, 2.45) is 13.0 Å². The van der Waals surface area contributed by atoms with Gasteiger partial charge in [-0.2, -0.15) is 5.10 Å². The second-order valence-electron chi connectivity index (χ2n) is 6.20. The molecule has 0 aliphatic heterocycles. The van der Waals surface area contributed by atoms with Crippen molar-refractivity contribution < 1.29 is 14.3 Å². The molecule has 1 fully saturated rings. The molecular weight excluding hydrogens is 297 g/mol. The van der Waals surface area contributed by atoms with Crippen molar-refractivity contribution in [3.05, 3.63) is 53.1 Å². The molecule has 5 nitrogen and oxygen atoms in total. The van der Waals surface area contributed by atoms with E-state index in [0.717, 1.165) is 5.56 Å². The first-order valence-electron chi connectivity index (χ1n) is 7.68. The van der Waals surface area contributed by atoms with Gasteiger partial charge in [0.1, 0.15) is 5.82 Å². The van der Waals surface area contributed by atoms with Crippen molar-refractivity contribution in [3.63, 3.8) is 0 Å². The van der Waals surface area contributed by atoms with Crippen LogP contribution >= 0.6 is 0 Å². The van der Waals surface area contributed by atoms with E-state index in [2.05, 4.69) is 10.4 Å². The zero-order chi connectivity index (χ0) is 16.6. The van der Waals surface area contributed by atoms with E-state index in [1.165, 1.54) is 12.1 Å². The number of benzene rings is 1. The minimum atomic E-state index is -0.394. The molecule has 1 aliphatic carbocycles. The first-order chi connectivity index (χ1) is 11.0. The lowest BCUT2D eigenvalue weighted by Crippen LogP contribution is -2.41. The second kappa shape index (κ2) is 6.12. The predicted octanol–water partition coefficient (Wildman–Crippen LogP) is 2.11. The molecule has 0 spiro atoms. The highest BCUT2D eigenvalue weighted by Gasteiger charge is 2.36. The lowest BCUT2D eigenvalue weighted by molar-refractivity contribution is 0.0235. The van der Waals surface area contributed by atoms with Crippen LogP contribution in [0.25, 0.3) is 0 Å². The fourth-order valence-electron chi connectivity index (χ4n) is 3.05. The van der Waals surface area contributed by atoms with E-state index in [-0.39, 0.29) is 24.0 Å². The summed E-state index contributed by atoms with van der Waals surface area (Å²) in [5.74, 6) is -0.543. The van der Waals surface area contributed by atoms with Crippen LogP contribution < -0.4 is 5.32 Å². The zero-order valence-corrected chi connectivity index (χ0v) is 13.2. The van der Waals surface area contributed by atoms with Crippen LogP contribution in [-0.4, -0.2) is 26.9 Å². The molecule has 23 heavy (non-hydrogen) atoms. The van der Waals surface area contributed by atoms with Crippen LogP contribution in [0.4, 0.5) is 4.39 Å². The number of halogens is 1. The van der Waals surface area contributed by atoms with Crippen molar-refractivity contribution >= 4 is 5.91 Å². The molecule has 6 heteroatoms. The van der Waals surface area contributed by atoms with Crippen molar-refractivity contribution in [2.45, 2.75) is 31.9 Å². The number of rotatable bonds is 4. The third-order valence-electron chi connectivity index (χ3n) is 4.50. The molecule has 1 unspecified atom stereocenters. The van der Waals surface area contributed by atoms with E-state index in [4.69, 9.17) is 0 Å². The lowest BCUT2D eigenvalue weighted by atomic mass is 9.75. The lowest BCUT2D eigenvalue weighted by Gasteiger charge is -2.37. The van der Waals surface area contributed by atoms with Crippen molar-refractivity contribution in [3.8, 4) is 0 Å². The summed E-state index contributed by atoms with van der Waals surface area (Å²) < 4.78 is 15.3. The Morgan fingerprint density at radius 3 is 2.83 bits per heavy atom. The van der Waals surface area contributed by atoms with Gasteiger partial charge < -0.3 is 10.4 Å². The highest BCUT2D eigenvalue weighted by Crippen LogP contribution is 2.38. The highest BCUT2D eigenvalue weighted by molar-refractivity contribution is 5.95. The first kappa shape index (κ1) is 15.7. The number of aryl methyl sites for hydroxylation is 1. The van der Waals surface area contributed by atoms with Gasteiger partial charge in [0, 0.05) is 24.4 Å². The Hall–Kier alpha value is -2.21. The smallest absolute Gasteiger partial charge is 0.252 e. The van der Waals surface area contributed by atoms with E-state index < -0.39 is 5.82 Å². The van der Waals surface area contributed by atoms with Crippen LogP contribution in [0.5, 0.6) is 0 Å². The van der Waals surface area contributed by atoms with Crippen LogP contribution in [0.2, 0.25) is 0 Å². The summed E-state index contributed by atoms with van der Waals surface area (Å²) in [5.41, 5.74) is 1.56. The Morgan fingerprint density at radius 2 is 2.22 bits per heavy atom. The molecule has 1 aromatic carbocycles. The summed E-state index contributed by atoms with van der Waals surface area (Å²) in [4.78, 5) is 12.6. The molecule has 0 bridgehead atoms. The number of aliphatic hydroxyl groups is 1. The predicted molar refractivity (Wildman–Crippen MR) is 83.3 cm³/mol. The molecule has 1 saturated carbocycles. The Kier molecular flexibility index (Phi) is 4.17. The Morgan fingerprint density at radius 1 is 1.48 bits per heavy atom. The van der Waals surface area contributed by atoms with Crippen LogP contribution in [0, 0.1) is 18.7 Å². The van der Waals surface area contributed by atoms with Gasteiger partial charge in [0.25, 0.3) is 5.91 Å². The van der Waals surface area contributed by atoms with Crippen LogP contribution in [0.3, 0.4) is 0 Å². The van der Waals surface area contributed by atoms with Gasteiger partial charge in [-0.05, 0) is 43.4 Å². The van der Waals surface area contributed by atoms with Gasteiger partial charge in [-0.15, -0.1) is 0 Å². The minimum absolute atomic E-state index is 0.159. The molecule has 3 rings (SSSR count). The molecular formula is C17H20FN3O2. The van der Waals surface area contributed by atoms with E-state index in [1.807, 2.05) is 13.2 Å². The van der Waals surface area contributed by atoms with Gasteiger partial charge in [0.15, 0.2) is 0 Å². The van der Waals surface area contributed by atoms with Gasteiger partial charge in [0.05, 0.1) is 18.3 Å². The van der Waals surface area contributed by atoms with Crippen LogP contribution in [0.15, 0.2) is 30.6 Å². The van der Waals surface area contributed by atoms with E-state index in [0.29, 0.717) is 24.0 Å². The van der Waals surface area contributed by atoms with Crippen molar-refractivity contribution in [1.82, 2.24) is 15.1 Å². The molecule has 122 valence electrons. The van der Waals surface area contributed by atoms with E-state index in [1.54, 1.807) is 23.9 Å². The average Bonchev–Trinajstić information content (AvgIpc) is 2.91. The molecule has 1 aliphatic rings. The maximum absolute atomic E-state index is 13.7. The quantitative estimate of drug-likeness (QED) is 0.907. The Labute approximate surface area is 134 Å². The summed E-state index contributed by atoms with van der Waals surface area (Å²) >= 11 is 0. The standard InChI is InChI=1S/C17H20FN3O2/c1-10-14(4-3-5-15(10)18)17(23)20-16(11-6-13(22)7-11)12-8-19-21(2)9-12/h3-5,8-9,11,13,16,22H,6-7H2,1-2H3,(H,20,23). The van der Waals surface area contributed by atoms with Gasteiger partial charge >= 0.3 is 0 Å². The topological polar surface area (TPSA) is 67.2 Å². The molecule has 1 atom stereocenters. The fraction of sp³-hybridized carbons (Fsp3) is 0.412. The van der Waals surface area contributed by atoms with Crippen molar-refractivity contribution in [1.29, 1.82) is 0 Å². The van der Waals surface area contributed by atoms with E-state index in [9.17, 15) is 14.3 Å². The summed E-state index contributed by atoms with van der Waals surface area (Å²) in [6.45, 7) is 1.59. The maximum Gasteiger partial charge on any atom is 0.252 e. The van der Waals surface area contributed by atoms with Crippen LogP contribution in [0.1, 0.15) is 40.4 Å². The molecule has 1 amide bonds. The second-order valence-corrected chi connectivity index (χ2v) is 6.20. The summed E-state index contributed by atoms with van der Waals surface area (Å²) in [6.07, 6.45) is 4.54. The average molecular weight is 317 g/mol. The molecule has 1 aromatic heterocycles. The zero-order valence-electron chi connectivity index (χ0n) is 13.2. The molecule has 0 radical (unpaired) electrons. The number of amides is 1. The molecule has 2 aromatic rings. The molecule has 1 heterocycles. The van der Waals surface area contributed by atoms with E-state index >= 15 is 0 Å². The number of hydrogen-bond donors (Lipinski definition) is 2. The van der Waals surface area contributed by atoms with Crippen LogP contribution in [-0.2, 0) is 7.05 Å². The van der Waals surface area contributed by atoms with Gasteiger partial charge in [-0.25, -0.2) is 4.39 Å². The number of aromatic nitrogens is 2. The van der Waals surface area contributed by atoms with Gasteiger partial charge in [0.2, 0.25) is 0 Å². The van der Waals surface area contributed by atoms with Gasteiger partial charge in [-0.3, -0.25) is 9.48 Å². The number of hydrogen-bond acceptors (Lipinski definition) is 3. The first-order valence-corrected chi connectivity index (χ1v) is 7.68. The number of nitrogens with one attached hydrogen (secondary N) is 1. The number of carbonyl (C=O) groups is 1. The Balaban J connectivity index is 1.83. The third-order valence-corrected chi connectivity index (χ3v) is 4.50. The molecule has 2 N–H and O–H groups in total. The van der Waals surface area contributed by atoms with Gasteiger partial charge in [-0.1, -0.05) is 6.07 Å². The number of nitrogens with zero attached hydrogens (tertiary/aromatic N) is 2. The number of aliphatic hydroxyl groups excluding tert-OH is 1. The highest BCUT2D eigenvalue weighted by atomic mass is 19.1. The maximum atomic E-state index is 13.7. The molecule has 0 saturated heterocycles. The Bertz CT molecular complexity index is 722. The normalized spacial score (nSPS) is 21.6. The summed E-state index contributed by atoms with van der Waals surface area (Å²) in [7, 11) is 1.81. The van der Waals surface area contributed by atoms with Crippen molar-refractivity contribution in [2.75, 3.05) is 0 Å². The largest absolute Gasteiger partial charge is 0.393 e. The summed E-state index contributed by atoms with van der Waals surface area (Å²) in [5, 5.41) is 16.7.